The fraction of sp³-hybridized carbons (Fsp3) is 0.120. The second-order valence-corrected chi connectivity index (χ2v) is 7.26. The Morgan fingerprint density at radius 3 is 2.17 bits per heavy atom. The van der Waals surface area contributed by atoms with Gasteiger partial charge in [-0.25, -0.2) is 4.90 Å². The first-order valence-corrected chi connectivity index (χ1v) is 9.66. The van der Waals surface area contributed by atoms with E-state index >= 15 is 0 Å². The Morgan fingerprint density at radius 1 is 0.800 bits per heavy atom. The Morgan fingerprint density at radius 2 is 1.50 bits per heavy atom. The summed E-state index contributed by atoms with van der Waals surface area (Å²) in [6.45, 7) is 3.99. The summed E-state index contributed by atoms with van der Waals surface area (Å²) in [5, 5.41) is 3.22. The number of imide groups is 1. The molecule has 30 heavy (non-hydrogen) atoms. The number of rotatable bonds is 5. The lowest BCUT2D eigenvalue weighted by atomic mass is 10.0. The quantitative estimate of drug-likeness (QED) is 0.633. The van der Waals surface area contributed by atoms with Crippen LogP contribution in [-0.4, -0.2) is 18.9 Å². The summed E-state index contributed by atoms with van der Waals surface area (Å²) < 4.78 is 5.27. The molecule has 0 aromatic heterocycles. The van der Waals surface area contributed by atoms with Crippen molar-refractivity contribution in [1.29, 1.82) is 0 Å². The van der Waals surface area contributed by atoms with Crippen LogP contribution in [0.2, 0.25) is 0 Å². The zero-order valence-corrected chi connectivity index (χ0v) is 17.1. The zero-order chi connectivity index (χ0) is 21.3. The van der Waals surface area contributed by atoms with Crippen LogP contribution in [0.1, 0.15) is 16.7 Å². The average Bonchev–Trinajstić information content (AvgIpc) is 2.97. The van der Waals surface area contributed by atoms with Crippen LogP contribution in [0.25, 0.3) is 5.57 Å². The van der Waals surface area contributed by atoms with E-state index in [0.717, 1.165) is 16.8 Å². The smallest absolute Gasteiger partial charge is 0.282 e. The van der Waals surface area contributed by atoms with E-state index in [4.69, 9.17) is 4.74 Å². The average molecular weight is 398 g/mol. The summed E-state index contributed by atoms with van der Waals surface area (Å²) in [5.74, 6) is -0.192. The normalized spacial score (nSPS) is 13.8. The molecular formula is C25H22N2O3. The third kappa shape index (κ3) is 3.57. The number of amides is 2. The summed E-state index contributed by atoms with van der Waals surface area (Å²) in [6.07, 6.45) is 0. The van der Waals surface area contributed by atoms with Crippen molar-refractivity contribution in [3.8, 4) is 5.75 Å². The lowest BCUT2D eigenvalue weighted by Crippen LogP contribution is -2.32. The molecule has 5 heteroatoms. The first kappa shape index (κ1) is 19.5. The monoisotopic (exact) mass is 398 g/mol. The summed E-state index contributed by atoms with van der Waals surface area (Å²) >= 11 is 0. The van der Waals surface area contributed by atoms with E-state index < -0.39 is 5.91 Å². The van der Waals surface area contributed by atoms with Crippen molar-refractivity contribution in [3.05, 3.63) is 95.2 Å². The fourth-order valence-electron chi connectivity index (χ4n) is 3.69. The highest BCUT2D eigenvalue weighted by Crippen LogP contribution is 2.35. The van der Waals surface area contributed by atoms with Gasteiger partial charge in [0.25, 0.3) is 11.8 Å². The van der Waals surface area contributed by atoms with Gasteiger partial charge in [0.05, 0.1) is 18.4 Å². The lowest BCUT2D eigenvalue weighted by Gasteiger charge is -2.16. The standard InChI is InChI=1S/C25H22N2O3/c1-16-12-17(2)14-19(13-16)26-23-22(18-8-5-4-6-9-18)24(28)27(25(23)29)20-10-7-11-21(15-20)30-3/h4-15,26H,1-3H3. The van der Waals surface area contributed by atoms with Crippen LogP contribution in [0.3, 0.4) is 0 Å². The molecule has 0 atom stereocenters. The molecule has 3 aromatic carbocycles. The van der Waals surface area contributed by atoms with Gasteiger partial charge < -0.3 is 10.1 Å². The molecule has 2 amide bonds. The van der Waals surface area contributed by atoms with Gasteiger partial charge >= 0.3 is 0 Å². The number of methoxy groups -OCH3 is 1. The van der Waals surface area contributed by atoms with Crippen LogP contribution in [-0.2, 0) is 9.59 Å². The minimum Gasteiger partial charge on any atom is -0.497 e. The van der Waals surface area contributed by atoms with Gasteiger partial charge in [0.1, 0.15) is 11.4 Å². The third-order valence-corrected chi connectivity index (χ3v) is 4.95. The van der Waals surface area contributed by atoms with Crippen molar-refractivity contribution in [2.24, 2.45) is 0 Å². The molecule has 4 rings (SSSR count). The number of nitrogens with one attached hydrogen (secondary N) is 1. The maximum absolute atomic E-state index is 13.4. The van der Waals surface area contributed by atoms with E-state index in [2.05, 4.69) is 11.4 Å². The molecule has 0 spiro atoms. The second-order valence-electron chi connectivity index (χ2n) is 7.26. The number of nitrogens with zero attached hydrogens (tertiary/aromatic N) is 1. The van der Waals surface area contributed by atoms with Gasteiger partial charge in [-0.3, -0.25) is 9.59 Å². The van der Waals surface area contributed by atoms with Gasteiger partial charge in [0.2, 0.25) is 0 Å². The van der Waals surface area contributed by atoms with Crippen molar-refractivity contribution in [2.45, 2.75) is 13.8 Å². The van der Waals surface area contributed by atoms with Crippen molar-refractivity contribution in [2.75, 3.05) is 17.3 Å². The number of carbonyl (C=O) groups is 2. The molecular weight excluding hydrogens is 376 g/mol. The predicted molar refractivity (Wildman–Crippen MR) is 118 cm³/mol. The van der Waals surface area contributed by atoms with Gasteiger partial charge in [-0.1, -0.05) is 42.5 Å². The number of anilines is 2. The zero-order valence-electron chi connectivity index (χ0n) is 17.1. The van der Waals surface area contributed by atoms with Gasteiger partial charge in [-0.15, -0.1) is 0 Å². The Balaban J connectivity index is 1.82. The van der Waals surface area contributed by atoms with E-state index in [1.807, 2.05) is 56.3 Å². The second kappa shape index (κ2) is 7.87. The van der Waals surface area contributed by atoms with Crippen molar-refractivity contribution in [1.82, 2.24) is 0 Å². The van der Waals surface area contributed by atoms with Crippen LogP contribution in [0.15, 0.2) is 78.5 Å². The fourth-order valence-corrected chi connectivity index (χ4v) is 3.69. The lowest BCUT2D eigenvalue weighted by molar-refractivity contribution is -0.120. The molecule has 0 saturated heterocycles. The molecule has 0 radical (unpaired) electrons. The molecule has 0 unspecified atom stereocenters. The van der Waals surface area contributed by atoms with Crippen LogP contribution >= 0.6 is 0 Å². The van der Waals surface area contributed by atoms with Crippen LogP contribution in [0.4, 0.5) is 11.4 Å². The van der Waals surface area contributed by atoms with E-state index in [0.29, 0.717) is 22.6 Å². The number of hydrogen-bond acceptors (Lipinski definition) is 4. The summed E-state index contributed by atoms with van der Waals surface area (Å²) in [4.78, 5) is 28.0. The Labute approximate surface area is 175 Å². The van der Waals surface area contributed by atoms with E-state index in [1.165, 1.54) is 4.90 Å². The largest absolute Gasteiger partial charge is 0.497 e. The van der Waals surface area contributed by atoms with Gasteiger partial charge in [0, 0.05) is 11.8 Å². The summed E-state index contributed by atoms with van der Waals surface area (Å²) in [7, 11) is 1.55. The van der Waals surface area contributed by atoms with E-state index in [9.17, 15) is 9.59 Å². The maximum Gasteiger partial charge on any atom is 0.282 e. The molecule has 1 N–H and O–H groups in total. The number of hydrogen-bond donors (Lipinski definition) is 1. The molecule has 1 aliphatic heterocycles. The van der Waals surface area contributed by atoms with Gasteiger partial charge in [-0.2, -0.15) is 0 Å². The maximum atomic E-state index is 13.4. The molecule has 0 aliphatic carbocycles. The van der Waals surface area contributed by atoms with Crippen LogP contribution in [0.5, 0.6) is 5.75 Å². The highest BCUT2D eigenvalue weighted by atomic mass is 16.5. The molecule has 0 bridgehead atoms. The van der Waals surface area contributed by atoms with Crippen molar-refractivity contribution < 1.29 is 14.3 Å². The predicted octanol–water partition coefficient (Wildman–Crippen LogP) is 4.71. The molecule has 1 aliphatic rings. The highest BCUT2D eigenvalue weighted by Gasteiger charge is 2.40. The molecule has 5 nitrogen and oxygen atoms in total. The third-order valence-electron chi connectivity index (χ3n) is 4.95. The van der Waals surface area contributed by atoms with Crippen molar-refractivity contribution >= 4 is 28.8 Å². The molecule has 3 aromatic rings. The Bertz CT molecular complexity index is 1150. The minimum absolute atomic E-state index is 0.263. The van der Waals surface area contributed by atoms with Crippen molar-refractivity contribution in [3.63, 3.8) is 0 Å². The van der Waals surface area contributed by atoms with Gasteiger partial charge in [0.15, 0.2) is 0 Å². The highest BCUT2D eigenvalue weighted by molar-refractivity contribution is 6.46. The SMILES string of the molecule is COc1cccc(N2C(=O)C(Nc3cc(C)cc(C)c3)=C(c3ccccc3)C2=O)c1. The number of aryl methyl sites for hydroxylation is 2. The van der Waals surface area contributed by atoms with Gasteiger partial charge in [-0.05, 0) is 54.8 Å². The number of carbonyl (C=O) groups excluding carboxylic acids is 2. The first-order chi connectivity index (χ1) is 14.5. The first-order valence-electron chi connectivity index (χ1n) is 9.66. The molecule has 0 saturated carbocycles. The number of benzene rings is 3. The molecule has 0 fully saturated rings. The minimum atomic E-state index is -0.397. The van der Waals surface area contributed by atoms with E-state index in [-0.39, 0.29) is 11.6 Å². The Hall–Kier alpha value is -3.86. The van der Waals surface area contributed by atoms with Crippen LogP contribution in [0, 0.1) is 13.8 Å². The molecule has 1 heterocycles. The van der Waals surface area contributed by atoms with Crippen LogP contribution < -0.4 is 15.0 Å². The Kier molecular flexibility index (Phi) is 5.11. The summed E-state index contributed by atoms with van der Waals surface area (Å²) in [6, 6.07) is 22.1. The molecule has 150 valence electrons. The topological polar surface area (TPSA) is 58.6 Å². The number of ether oxygens (including phenoxy) is 1. The van der Waals surface area contributed by atoms with E-state index in [1.54, 1.807) is 31.4 Å². The summed E-state index contributed by atoms with van der Waals surface area (Å²) in [5.41, 5.74) is 4.68.